The first-order valence-electron chi connectivity index (χ1n) is 7.21. The second-order valence-corrected chi connectivity index (χ2v) is 6.30. The third-order valence-corrected chi connectivity index (χ3v) is 3.68. The van der Waals surface area contributed by atoms with Crippen molar-refractivity contribution in [3.8, 4) is 0 Å². The highest BCUT2D eigenvalue weighted by molar-refractivity contribution is 5.11. The Morgan fingerprint density at radius 3 is 2.41 bits per heavy atom. The maximum atomic E-state index is 3.89. The van der Waals surface area contributed by atoms with Crippen molar-refractivity contribution in [2.75, 3.05) is 0 Å². The first-order chi connectivity index (χ1) is 7.87. The van der Waals surface area contributed by atoms with Crippen LogP contribution in [0.1, 0.15) is 73.1 Å². The van der Waals surface area contributed by atoms with Gasteiger partial charge in [0.15, 0.2) is 0 Å². The van der Waals surface area contributed by atoms with Gasteiger partial charge in [-0.15, -0.1) is 0 Å². The van der Waals surface area contributed by atoms with Crippen molar-refractivity contribution >= 4 is 0 Å². The number of unbranched alkanes of at least 4 members (excludes halogenated alkanes) is 2. The predicted molar refractivity (Wildman–Crippen MR) is 80.3 cm³/mol. The minimum Gasteiger partial charge on any atom is -0.0961 e. The number of rotatable bonds is 9. The highest BCUT2D eigenvalue weighted by atomic mass is 14.2. The van der Waals surface area contributed by atoms with Gasteiger partial charge in [0.2, 0.25) is 0 Å². The fourth-order valence-corrected chi connectivity index (χ4v) is 1.85. The Morgan fingerprint density at radius 2 is 1.88 bits per heavy atom. The van der Waals surface area contributed by atoms with Crippen LogP contribution >= 0.6 is 0 Å². The minimum absolute atomic E-state index is 0.547. The molecule has 0 rings (SSSR count). The van der Waals surface area contributed by atoms with Crippen LogP contribution in [-0.4, -0.2) is 0 Å². The van der Waals surface area contributed by atoms with E-state index in [1.807, 2.05) is 0 Å². The van der Waals surface area contributed by atoms with Crippen molar-refractivity contribution in [3.63, 3.8) is 0 Å². The van der Waals surface area contributed by atoms with Gasteiger partial charge in [-0.2, -0.15) is 0 Å². The molecule has 0 amide bonds. The van der Waals surface area contributed by atoms with E-state index in [9.17, 15) is 0 Å². The maximum absolute atomic E-state index is 3.89. The Hall–Kier alpha value is -0.520. The molecule has 0 aliphatic rings. The molecule has 0 aliphatic carbocycles. The fourth-order valence-electron chi connectivity index (χ4n) is 1.85. The summed E-state index contributed by atoms with van der Waals surface area (Å²) in [6, 6.07) is 0. The van der Waals surface area contributed by atoms with Crippen LogP contribution in [0.15, 0.2) is 24.3 Å². The Morgan fingerprint density at radius 1 is 1.24 bits per heavy atom. The molecule has 0 aromatic carbocycles. The molecule has 100 valence electrons. The van der Waals surface area contributed by atoms with Gasteiger partial charge in [-0.05, 0) is 31.1 Å². The lowest BCUT2D eigenvalue weighted by Gasteiger charge is -2.22. The topological polar surface area (TPSA) is 0 Å². The second-order valence-electron chi connectivity index (χ2n) is 6.30. The van der Waals surface area contributed by atoms with Crippen LogP contribution in [-0.2, 0) is 0 Å². The van der Waals surface area contributed by atoms with Crippen LogP contribution in [0, 0.1) is 11.3 Å². The molecule has 0 aromatic rings. The SMILES string of the molecule is C=C(C)C=CC(C)CCCCCC(C)(C)CC. The summed E-state index contributed by atoms with van der Waals surface area (Å²) in [5, 5.41) is 0. The van der Waals surface area contributed by atoms with Gasteiger partial charge in [0.25, 0.3) is 0 Å². The molecule has 0 heterocycles. The van der Waals surface area contributed by atoms with Gasteiger partial charge in [-0.1, -0.05) is 77.7 Å². The molecule has 0 aliphatic heterocycles. The molecule has 0 spiro atoms. The zero-order valence-corrected chi connectivity index (χ0v) is 12.7. The van der Waals surface area contributed by atoms with Crippen molar-refractivity contribution in [2.45, 2.75) is 73.1 Å². The average molecular weight is 236 g/mol. The summed E-state index contributed by atoms with van der Waals surface area (Å²) in [5.41, 5.74) is 1.70. The Kier molecular flexibility index (Phi) is 8.29. The van der Waals surface area contributed by atoms with Crippen molar-refractivity contribution in [3.05, 3.63) is 24.3 Å². The molecule has 0 fully saturated rings. The summed E-state index contributed by atoms with van der Waals surface area (Å²) < 4.78 is 0. The van der Waals surface area contributed by atoms with E-state index < -0.39 is 0 Å². The van der Waals surface area contributed by atoms with Crippen molar-refractivity contribution < 1.29 is 0 Å². The van der Waals surface area contributed by atoms with Crippen molar-refractivity contribution in [1.29, 1.82) is 0 Å². The quantitative estimate of drug-likeness (QED) is 0.333. The normalized spacial score (nSPS) is 14.2. The fraction of sp³-hybridized carbons (Fsp3) is 0.765. The largest absolute Gasteiger partial charge is 0.0961 e. The van der Waals surface area contributed by atoms with E-state index >= 15 is 0 Å². The summed E-state index contributed by atoms with van der Waals surface area (Å²) in [6.45, 7) is 15.3. The van der Waals surface area contributed by atoms with Gasteiger partial charge in [0.05, 0.1) is 0 Å². The van der Waals surface area contributed by atoms with E-state index in [-0.39, 0.29) is 0 Å². The zero-order valence-electron chi connectivity index (χ0n) is 12.7. The molecule has 1 unspecified atom stereocenters. The molecular weight excluding hydrogens is 204 g/mol. The van der Waals surface area contributed by atoms with E-state index in [2.05, 4.69) is 53.3 Å². The molecule has 0 bridgehead atoms. The van der Waals surface area contributed by atoms with Crippen LogP contribution in [0.5, 0.6) is 0 Å². The van der Waals surface area contributed by atoms with Crippen LogP contribution in [0.25, 0.3) is 0 Å². The lowest BCUT2D eigenvalue weighted by molar-refractivity contribution is 0.306. The number of hydrogen-bond donors (Lipinski definition) is 0. The van der Waals surface area contributed by atoms with E-state index in [1.54, 1.807) is 0 Å². The summed E-state index contributed by atoms with van der Waals surface area (Å²) in [5.74, 6) is 0.700. The molecular formula is C17H32. The van der Waals surface area contributed by atoms with Crippen LogP contribution < -0.4 is 0 Å². The molecule has 0 saturated heterocycles. The summed E-state index contributed by atoms with van der Waals surface area (Å²) in [7, 11) is 0. The van der Waals surface area contributed by atoms with Crippen molar-refractivity contribution in [1.82, 2.24) is 0 Å². The zero-order chi connectivity index (χ0) is 13.3. The monoisotopic (exact) mass is 236 g/mol. The summed E-state index contributed by atoms with van der Waals surface area (Å²) >= 11 is 0. The molecule has 0 saturated carbocycles. The van der Waals surface area contributed by atoms with Crippen molar-refractivity contribution in [2.24, 2.45) is 11.3 Å². The molecule has 0 nitrogen and oxygen atoms in total. The lowest BCUT2D eigenvalue weighted by Crippen LogP contribution is -2.08. The van der Waals surface area contributed by atoms with Gasteiger partial charge >= 0.3 is 0 Å². The number of allylic oxidation sites excluding steroid dienone is 3. The van der Waals surface area contributed by atoms with Gasteiger partial charge in [-0.3, -0.25) is 0 Å². The Bertz CT molecular complexity index is 232. The predicted octanol–water partition coefficient (Wildman–Crippen LogP) is 6.14. The van der Waals surface area contributed by atoms with Crippen LogP contribution in [0.4, 0.5) is 0 Å². The van der Waals surface area contributed by atoms with Gasteiger partial charge in [-0.25, -0.2) is 0 Å². The van der Waals surface area contributed by atoms with Gasteiger partial charge in [0, 0.05) is 0 Å². The van der Waals surface area contributed by atoms with Gasteiger partial charge in [0.1, 0.15) is 0 Å². The summed E-state index contributed by atoms with van der Waals surface area (Å²) in [4.78, 5) is 0. The molecule has 0 aromatic heterocycles. The maximum Gasteiger partial charge on any atom is -0.0259 e. The Balaban J connectivity index is 3.55. The average Bonchev–Trinajstić information content (AvgIpc) is 2.25. The van der Waals surface area contributed by atoms with Crippen LogP contribution in [0.3, 0.4) is 0 Å². The number of hydrogen-bond acceptors (Lipinski definition) is 0. The third kappa shape index (κ3) is 10.4. The molecule has 17 heavy (non-hydrogen) atoms. The molecule has 0 heteroatoms. The standard InChI is InChI=1S/C17H32/c1-7-17(5,6)14-10-8-9-11-16(4)13-12-15(2)3/h12-13,16H,2,7-11,14H2,1,3-6H3. The smallest absolute Gasteiger partial charge is 0.0259 e. The molecule has 0 radical (unpaired) electrons. The Labute approximate surface area is 109 Å². The lowest BCUT2D eigenvalue weighted by atomic mass is 9.84. The first kappa shape index (κ1) is 16.5. The first-order valence-corrected chi connectivity index (χ1v) is 7.21. The third-order valence-electron chi connectivity index (χ3n) is 3.68. The molecule has 0 N–H and O–H groups in total. The minimum atomic E-state index is 0.547. The molecule has 1 atom stereocenters. The highest BCUT2D eigenvalue weighted by Crippen LogP contribution is 2.27. The van der Waals surface area contributed by atoms with E-state index in [1.165, 1.54) is 38.5 Å². The van der Waals surface area contributed by atoms with E-state index in [0.717, 1.165) is 5.57 Å². The van der Waals surface area contributed by atoms with Crippen LogP contribution in [0.2, 0.25) is 0 Å². The van der Waals surface area contributed by atoms with Gasteiger partial charge < -0.3 is 0 Å². The highest BCUT2D eigenvalue weighted by Gasteiger charge is 2.13. The van der Waals surface area contributed by atoms with E-state index in [0.29, 0.717) is 11.3 Å². The second kappa shape index (κ2) is 8.55. The van der Waals surface area contributed by atoms with E-state index in [4.69, 9.17) is 0 Å². The summed E-state index contributed by atoms with van der Waals surface area (Å²) in [6.07, 6.45) is 12.6.